The number of hydrogen-bond acceptors (Lipinski definition) is 3. The number of anilines is 1. The Balaban J connectivity index is 1.61. The molecule has 2 fully saturated rings. The number of benzene rings is 1. The van der Waals surface area contributed by atoms with Crippen LogP contribution in [0.3, 0.4) is 0 Å². The van der Waals surface area contributed by atoms with Gasteiger partial charge in [0.15, 0.2) is 0 Å². The van der Waals surface area contributed by atoms with Crippen molar-refractivity contribution in [1.29, 1.82) is 0 Å². The highest BCUT2D eigenvalue weighted by molar-refractivity contribution is 7.92. The van der Waals surface area contributed by atoms with Crippen molar-refractivity contribution >= 4 is 21.6 Å². The maximum Gasteiger partial charge on any atom is 0.254 e. The van der Waals surface area contributed by atoms with Crippen LogP contribution in [0.15, 0.2) is 18.2 Å². The van der Waals surface area contributed by atoms with E-state index < -0.39 is 10.0 Å². The van der Waals surface area contributed by atoms with E-state index in [0.717, 1.165) is 30.6 Å². The summed E-state index contributed by atoms with van der Waals surface area (Å²) in [5, 5.41) is 0. The van der Waals surface area contributed by atoms with E-state index in [1.54, 1.807) is 0 Å². The predicted molar refractivity (Wildman–Crippen MR) is 103 cm³/mol. The molecule has 142 valence electrons. The first kappa shape index (κ1) is 17.8. The highest BCUT2D eigenvalue weighted by atomic mass is 32.2. The van der Waals surface area contributed by atoms with Gasteiger partial charge in [0, 0.05) is 24.2 Å². The number of carbonyl (C=O) groups excluding carboxylic acids is 1. The number of fused-ring (bicyclic) bond motifs is 2. The van der Waals surface area contributed by atoms with Crippen LogP contribution < -0.4 is 4.31 Å². The molecular formula is C20H28N2O3S. The molecule has 0 bridgehead atoms. The molecule has 3 aliphatic rings. The second kappa shape index (κ2) is 6.55. The molecule has 3 atom stereocenters. The number of sulfonamides is 1. The van der Waals surface area contributed by atoms with Crippen molar-refractivity contribution in [3.8, 4) is 0 Å². The van der Waals surface area contributed by atoms with Crippen LogP contribution in [0.5, 0.6) is 0 Å². The summed E-state index contributed by atoms with van der Waals surface area (Å²) in [6, 6.07) is 5.85. The van der Waals surface area contributed by atoms with E-state index in [1.807, 2.05) is 25.1 Å². The first-order chi connectivity index (χ1) is 12.4. The van der Waals surface area contributed by atoms with E-state index in [1.165, 1.54) is 36.2 Å². The molecule has 6 heteroatoms. The standard InChI is InChI=1S/C20H28N2O3S/c1-14-12-17-13-16(9-10-19(17)22(14)26(2,24)25)20(23)21-11-5-7-15-6-3-4-8-18(15)21/h9-10,13-15,18H,3-8,11-12H2,1-2H3. The van der Waals surface area contributed by atoms with Crippen LogP contribution in [0, 0.1) is 5.92 Å². The van der Waals surface area contributed by atoms with Crippen LogP contribution >= 0.6 is 0 Å². The minimum atomic E-state index is -3.30. The van der Waals surface area contributed by atoms with Gasteiger partial charge in [-0.25, -0.2) is 8.42 Å². The number of piperidine rings is 1. The van der Waals surface area contributed by atoms with Crippen LogP contribution in [0.1, 0.15) is 61.4 Å². The van der Waals surface area contributed by atoms with Gasteiger partial charge in [-0.15, -0.1) is 0 Å². The zero-order valence-electron chi connectivity index (χ0n) is 15.6. The number of amides is 1. The maximum absolute atomic E-state index is 13.2. The first-order valence-electron chi connectivity index (χ1n) is 9.79. The molecule has 1 aliphatic carbocycles. The molecule has 1 saturated carbocycles. The monoisotopic (exact) mass is 376 g/mol. The Morgan fingerprint density at radius 1 is 1.12 bits per heavy atom. The summed E-state index contributed by atoms with van der Waals surface area (Å²) in [4.78, 5) is 15.3. The van der Waals surface area contributed by atoms with Gasteiger partial charge in [-0.2, -0.15) is 0 Å². The second-order valence-electron chi connectivity index (χ2n) is 8.21. The Labute approximate surface area is 156 Å². The lowest BCUT2D eigenvalue weighted by molar-refractivity contribution is 0.0390. The lowest BCUT2D eigenvalue weighted by Gasteiger charge is -2.44. The molecule has 1 aromatic carbocycles. The fraction of sp³-hybridized carbons (Fsp3) is 0.650. The van der Waals surface area contributed by atoms with E-state index in [0.29, 0.717) is 23.9 Å². The largest absolute Gasteiger partial charge is 0.335 e. The average Bonchev–Trinajstić information content (AvgIpc) is 2.95. The molecule has 2 aliphatic heterocycles. The van der Waals surface area contributed by atoms with Crippen LogP contribution in [-0.2, 0) is 16.4 Å². The molecule has 5 nitrogen and oxygen atoms in total. The molecule has 2 heterocycles. The molecule has 0 radical (unpaired) electrons. The van der Waals surface area contributed by atoms with Crippen molar-refractivity contribution < 1.29 is 13.2 Å². The van der Waals surface area contributed by atoms with E-state index in [4.69, 9.17) is 0 Å². The zero-order chi connectivity index (χ0) is 18.5. The Hall–Kier alpha value is -1.56. The third kappa shape index (κ3) is 3.02. The fourth-order valence-corrected chi connectivity index (χ4v) is 6.55. The molecule has 26 heavy (non-hydrogen) atoms. The molecule has 1 aromatic rings. The zero-order valence-corrected chi connectivity index (χ0v) is 16.5. The number of nitrogens with zero attached hydrogens (tertiary/aromatic N) is 2. The van der Waals surface area contributed by atoms with Gasteiger partial charge in [0.05, 0.1) is 11.9 Å². The fourth-order valence-electron chi connectivity index (χ4n) is 5.28. The molecule has 0 spiro atoms. The first-order valence-corrected chi connectivity index (χ1v) is 11.6. The Bertz CT molecular complexity index is 818. The topological polar surface area (TPSA) is 57.7 Å². The minimum absolute atomic E-state index is 0.0944. The minimum Gasteiger partial charge on any atom is -0.335 e. The highest BCUT2D eigenvalue weighted by Gasteiger charge is 2.37. The van der Waals surface area contributed by atoms with E-state index in [2.05, 4.69) is 4.90 Å². The summed E-state index contributed by atoms with van der Waals surface area (Å²) in [7, 11) is -3.30. The van der Waals surface area contributed by atoms with Gasteiger partial charge in [0.25, 0.3) is 5.91 Å². The van der Waals surface area contributed by atoms with Gasteiger partial charge in [0.2, 0.25) is 10.0 Å². The predicted octanol–water partition coefficient (Wildman–Crippen LogP) is 3.19. The summed E-state index contributed by atoms with van der Waals surface area (Å²) in [6.07, 6.45) is 9.14. The van der Waals surface area contributed by atoms with Gasteiger partial charge in [0.1, 0.15) is 0 Å². The molecular weight excluding hydrogens is 348 g/mol. The van der Waals surface area contributed by atoms with Crippen molar-refractivity contribution in [2.75, 3.05) is 17.1 Å². The molecule has 0 N–H and O–H groups in total. The van der Waals surface area contributed by atoms with E-state index in [9.17, 15) is 13.2 Å². The summed E-state index contributed by atoms with van der Waals surface area (Å²) in [5.74, 6) is 0.784. The number of carbonyl (C=O) groups is 1. The van der Waals surface area contributed by atoms with Crippen molar-refractivity contribution in [2.24, 2.45) is 5.92 Å². The average molecular weight is 377 g/mol. The molecule has 0 aromatic heterocycles. The maximum atomic E-state index is 13.2. The second-order valence-corrected chi connectivity index (χ2v) is 10.1. The van der Waals surface area contributed by atoms with Crippen LogP contribution in [-0.4, -0.2) is 44.1 Å². The van der Waals surface area contributed by atoms with Crippen molar-refractivity contribution in [3.05, 3.63) is 29.3 Å². The molecule has 1 amide bonds. The number of rotatable bonds is 2. The van der Waals surface area contributed by atoms with Gasteiger partial charge < -0.3 is 4.90 Å². The van der Waals surface area contributed by atoms with E-state index in [-0.39, 0.29) is 11.9 Å². The molecule has 4 rings (SSSR count). The number of hydrogen-bond donors (Lipinski definition) is 0. The highest BCUT2D eigenvalue weighted by Crippen LogP contribution is 2.38. The van der Waals surface area contributed by atoms with Crippen molar-refractivity contribution in [2.45, 2.75) is 64.0 Å². The van der Waals surface area contributed by atoms with Crippen LogP contribution in [0.4, 0.5) is 5.69 Å². The van der Waals surface area contributed by atoms with Crippen molar-refractivity contribution in [3.63, 3.8) is 0 Å². The van der Waals surface area contributed by atoms with Gasteiger partial charge in [-0.05, 0) is 68.7 Å². The van der Waals surface area contributed by atoms with E-state index >= 15 is 0 Å². The lowest BCUT2D eigenvalue weighted by atomic mass is 9.78. The summed E-state index contributed by atoms with van der Waals surface area (Å²) < 4.78 is 25.6. The smallest absolute Gasteiger partial charge is 0.254 e. The van der Waals surface area contributed by atoms with Crippen LogP contribution in [0.2, 0.25) is 0 Å². The lowest BCUT2D eigenvalue weighted by Crippen LogP contribution is -2.49. The molecule has 3 unspecified atom stereocenters. The summed E-state index contributed by atoms with van der Waals surface area (Å²) in [6.45, 7) is 2.77. The Morgan fingerprint density at radius 3 is 2.62 bits per heavy atom. The summed E-state index contributed by atoms with van der Waals surface area (Å²) >= 11 is 0. The normalized spacial score (nSPS) is 28.6. The van der Waals surface area contributed by atoms with Gasteiger partial charge >= 0.3 is 0 Å². The van der Waals surface area contributed by atoms with Gasteiger partial charge in [-0.3, -0.25) is 9.10 Å². The summed E-state index contributed by atoms with van der Waals surface area (Å²) in [5.41, 5.74) is 2.40. The Kier molecular flexibility index (Phi) is 4.49. The molecule has 1 saturated heterocycles. The van der Waals surface area contributed by atoms with Crippen molar-refractivity contribution in [1.82, 2.24) is 4.90 Å². The SMILES string of the molecule is CC1Cc2cc(C(=O)N3CCCC4CCCCC43)ccc2N1S(C)(=O)=O. The van der Waals surface area contributed by atoms with Gasteiger partial charge in [-0.1, -0.05) is 12.8 Å². The Morgan fingerprint density at radius 2 is 1.85 bits per heavy atom. The quantitative estimate of drug-likeness (QED) is 0.796. The third-order valence-electron chi connectivity index (χ3n) is 6.34. The number of likely N-dealkylation sites (tertiary alicyclic amines) is 1. The third-order valence-corrected chi connectivity index (χ3v) is 7.61. The van der Waals surface area contributed by atoms with Crippen LogP contribution in [0.25, 0.3) is 0 Å².